The summed E-state index contributed by atoms with van der Waals surface area (Å²) in [6.07, 6.45) is 1.66. The van der Waals surface area contributed by atoms with E-state index in [2.05, 4.69) is 6.07 Å². The number of nitriles is 1. The highest BCUT2D eigenvalue weighted by Gasteiger charge is 2.12. The zero-order valence-electron chi connectivity index (χ0n) is 12.1. The molecule has 0 fully saturated rings. The standard InChI is InChI=1S/C17H12N2O4/c18-11-14(13-2-1-3-15(10-13)19(20)21)8-12-4-5-16-17(9-12)23-7-6-22-16/h1-5,8-10H,6-7H2/b14-8-. The van der Waals surface area contributed by atoms with Gasteiger partial charge in [-0.05, 0) is 29.3 Å². The zero-order chi connectivity index (χ0) is 16.2. The minimum Gasteiger partial charge on any atom is -0.486 e. The second-order valence-electron chi connectivity index (χ2n) is 4.88. The Bertz CT molecular complexity index is 837. The third kappa shape index (κ3) is 3.14. The Morgan fingerprint density at radius 2 is 1.96 bits per heavy atom. The summed E-state index contributed by atoms with van der Waals surface area (Å²) in [4.78, 5) is 10.4. The van der Waals surface area contributed by atoms with Gasteiger partial charge in [0.25, 0.3) is 5.69 Å². The first-order chi connectivity index (χ1) is 11.2. The van der Waals surface area contributed by atoms with Crippen LogP contribution in [0.4, 0.5) is 5.69 Å². The van der Waals surface area contributed by atoms with Gasteiger partial charge < -0.3 is 9.47 Å². The summed E-state index contributed by atoms with van der Waals surface area (Å²) in [5, 5.41) is 20.2. The summed E-state index contributed by atoms with van der Waals surface area (Å²) in [5.41, 5.74) is 1.55. The highest BCUT2D eigenvalue weighted by atomic mass is 16.6. The maximum atomic E-state index is 10.9. The highest BCUT2D eigenvalue weighted by molar-refractivity contribution is 5.90. The third-order valence-electron chi connectivity index (χ3n) is 3.37. The fourth-order valence-corrected chi connectivity index (χ4v) is 2.28. The van der Waals surface area contributed by atoms with Gasteiger partial charge in [0.2, 0.25) is 0 Å². The summed E-state index contributed by atoms with van der Waals surface area (Å²) in [5.74, 6) is 1.29. The molecule has 1 aliphatic rings. The van der Waals surface area contributed by atoms with Gasteiger partial charge in [-0.15, -0.1) is 0 Å². The van der Waals surface area contributed by atoms with Gasteiger partial charge in [0.05, 0.1) is 16.6 Å². The second-order valence-corrected chi connectivity index (χ2v) is 4.88. The zero-order valence-corrected chi connectivity index (χ0v) is 12.1. The first-order valence-corrected chi connectivity index (χ1v) is 6.93. The van der Waals surface area contributed by atoms with Crippen molar-refractivity contribution in [2.45, 2.75) is 0 Å². The first-order valence-electron chi connectivity index (χ1n) is 6.93. The van der Waals surface area contributed by atoms with Crippen LogP contribution in [0.25, 0.3) is 11.6 Å². The monoisotopic (exact) mass is 308 g/mol. The number of nitro groups is 1. The lowest BCUT2D eigenvalue weighted by Gasteiger charge is -2.18. The molecule has 6 nitrogen and oxygen atoms in total. The number of ether oxygens (including phenoxy) is 2. The number of benzene rings is 2. The molecule has 1 heterocycles. The Hall–Kier alpha value is -3.33. The largest absolute Gasteiger partial charge is 0.486 e. The van der Waals surface area contributed by atoms with Gasteiger partial charge in [0, 0.05) is 12.1 Å². The molecule has 0 bridgehead atoms. The van der Waals surface area contributed by atoms with E-state index in [4.69, 9.17) is 9.47 Å². The van der Waals surface area contributed by atoms with Crippen LogP contribution < -0.4 is 9.47 Å². The van der Waals surface area contributed by atoms with Crippen molar-refractivity contribution in [2.75, 3.05) is 13.2 Å². The molecular weight excluding hydrogens is 296 g/mol. The van der Waals surface area contributed by atoms with Crippen LogP contribution in [0.3, 0.4) is 0 Å². The normalized spacial score (nSPS) is 13.3. The first kappa shape index (κ1) is 14.6. The summed E-state index contributed by atoms with van der Waals surface area (Å²) in [6.45, 7) is 0.996. The third-order valence-corrected chi connectivity index (χ3v) is 3.37. The van der Waals surface area contributed by atoms with Gasteiger partial charge >= 0.3 is 0 Å². The molecule has 0 saturated carbocycles. The molecule has 0 aliphatic carbocycles. The molecule has 0 radical (unpaired) electrons. The van der Waals surface area contributed by atoms with Gasteiger partial charge in [0.15, 0.2) is 11.5 Å². The van der Waals surface area contributed by atoms with Crippen LogP contribution in [0.2, 0.25) is 0 Å². The predicted molar refractivity (Wildman–Crippen MR) is 84.0 cm³/mol. The fraction of sp³-hybridized carbons (Fsp3) is 0.118. The minimum absolute atomic E-state index is 0.0502. The molecule has 1 aliphatic heterocycles. The molecule has 0 amide bonds. The Morgan fingerprint density at radius 1 is 1.17 bits per heavy atom. The van der Waals surface area contributed by atoms with Gasteiger partial charge in [-0.3, -0.25) is 10.1 Å². The molecule has 0 spiro atoms. The van der Waals surface area contributed by atoms with Crippen molar-refractivity contribution in [1.29, 1.82) is 5.26 Å². The topological polar surface area (TPSA) is 85.4 Å². The van der Waals surface area contributed by atoms with Crippen molar-refractivity contribution in [2.24, 2.45) is 0 Å². The van der Waals surface area contributed by atoms with Gasteiger partial charge in [-0.2, -0.15) is 5.26 Å². The number of nitro benzene ring substituents is 1. The van der Waals surface area contributed by atoms with E-state index in [1.807, 2.05) is 6.07 Å². The van der Waals surface area contributed by atoms with Crippen molar-refractivity contribution < 1.29 is 14.4 Å². The summed E-state index contributed by atoms with van der Waals surface area (Å²) >= 11 is 0. The molecule has 0 unspecified atom stereocenters. The van der Waals surface area contributed by atoms with Crippen molar-refractivity contribution in [3.63, 3.8) is 0 Å². The minimum atomic E-state index is -0.484. The van der Waals surface area contributed by atoms with Crippen molar-refractivity contribution in [3.05, 3.63) is 63.7 Å². The number of hydrogen-bond donors (Lipinski definition) is 0. The van der Waals surface area contributed by atoms with E-state index >= 15 is 0 Å². The molecular formula is C17H12N2O4. The van der Waals surface area contributed by atoms with Gasteiger partial charge in [-0.25, -0.2) is 0 Å². The average molecular weight is 308 g/mol. The SMILES string of the molecule is N#C/C(=C/c1ccc2c(c1)OCCO2)c1cccc([N+](=O)[O-])c1. The van der Waals surface area contributed by atoms with E-state index in [1.54, 1.807) is 30.3 Å². The average Bonchev–Trinajstić information content (AvgIpc) is 2.59. The van der Waals surface area contributed by atoms with E-state index in [0.29, 0.717) is 35.8 Å². The van der Waals surface area contributed by atoms with Gasteiger partial charge in [-0.1, -0.05) is 18.2 Å². The van der Waals surface area contributed by atoms with Crippen LogP contribution in [0, 0.1) is 21.4 Å². The Labute approximate surface area is 132 Å². The molecule has 0 atom stereocenters. The van der Waals surface area contributed by atoms with Crippen LogP contribution in [-0.4, -0.2) is 18.1 Å². The molecule has 0 N–H and O–H groups in total. The number of hydrogen-bond acceptors (Lipinski definition) is 5. The molecule has 2 aromatic carbocycles. The summed E-state index contributed by atoms with van der Waals surface area (Å²) in [6, 6.07) is 13.4. The van der Waals surface area contributed by atoms with E-state index in [-0.39, 0.29) is 5.69 Å². The molecule has 0 aromatic heterocycles. The smallest absolute Gasteiger partial charge is 0.270 e. The number of rotatable bonds is 3. The van der Waals surface area contributed by atoms with E-state index in [0.717, 1.165) is 5.56 Å². The Kier molecular flexibility index (Phi) is 3.93. The number of fused-ring (bicyclic) bond motifs is 1. The number of allylic oxidation sites excluding steroid dienone is 1. The summed E-state index contributed by atoms with van der Waals surface area (Å²) in [7, 11) is 0. The lowest BCUT2D eigenvalue weighted by molar-refractivity contribution is -0.384. The summed E-state index contributed by atoms with van der Waals surface area (Å²) < 4.78 is 11.0. The van der Waals surface area contributed by atoms with E-state index in [1.165, 1.54) is 12.1 Å². The Balaban J connectivity index is 1.97. The molecule has 114 valence electrons. The molecule has 0 saturated heterocycles. The lowest BCUT2D eigenvalue weighted by atomic mass is 10.0. The van der Waals surface area contributed by atoms with Crippen LogP contribution in [-0.2, 0) is 0 Å². The quantitative estimate of drug-likeness (QED) is 0.375. The predicted octanol–water partition coefficient (Wildman–Crippen LogP) is 3.43. The van der Waals surface area contributed by atoms with Crippen molar-refractivity contribution in [1.82, 2.24) is 0 Å². The van der Waals surface area contributed by atoms with E-state index in [9.17, 15) is 15.4 Å². The lowest BCUT2D eigenvalue weighted by Crippen LogP contribution is -2.15. The molecule has 23 heavy (non-hydrogen) atoms. The molecule has 6 heteroatoms. The van der Waals surface area contributed by atoms with Gasteiger partial charge in [0.1, 0.15) is 13.2 Å². The van der Waals surface area contributed by atoms with Crippen molar-refractivity contribution >= 4 is 17.3 Å². The highest BCUT2D eigenvalue weighted by Crippen LogP contribution is 2.32. The van der Waals surface area contributed by atoms with E-state index < -0.39 is 4.92 Å². The maximum Gasteiger partial charge on any atom is 0.270 e. The molecule has 2 aromatic rings. The molecule has 3 rings (SSSR count). The number of nitrogens with zero attached hydrogens (tertiary/aromatic N) is 2. The van der Waals surface area contributed by atoms with Crippen molar-refractivity contribution in [3.8, 4) is 17.6 Å². The maximum absolute atomic E-state index is 10.9. The number of non-ortho nitro benzene ring substituents is 1. The van der Waals surface area contributed by atoms with Crippen LogP contribution >= 0.6 is 0 Å². The fourth-order valence-electron chi connectivity index (χ4n) is 2.28. The van der Waals surface area contributed by atoms with Crippen LogP contribution in [0.15, 0.2) is 42.5 Å². The second kappa shape index (κ2) is 6.20. The van der Waals surface area contributed by atoms with Crippen LogP contribution in [0.5, 0.6) is 11.5 Å². The Morgan fingerprint density at radius 3 is 2.70 bits per heavy atom. The van der Waals surface area contributed by atoms with Crippen LogP contribution in [0.1, 0.15) is 11.1 Å².